The summed E-state index contributed by atoms with van der Waals surface area (Å²) in [5, 5.41) is 13.2. The van der Waals surface area contributed by atoms with Crippen LogP contribution in [0.4, 0.5) is 0 Å². The van der Waals surface area contributed by atoms with Crippen LogP contribution in [0.3, 0.4) is 0 Å². The van der Waals surface area contributed by atoms with E-state index >= 15 is 0 Å². The molecule has 0 unspecified atom stereocenters. The Labute approximate surface area is 173 Å². The largest absolute Gasteiger partial charge is 0.497 e. The van der Waals surface area contributed by atoms with Gasteiger partial charge in [0.05, 0.1) is 24.1 Å². The number of rotatable bonds is 5. The number of hydrogen-bond acceptors (Lipinski definition) is 6. The van der Waals surface area contributed by atoms with Crippen LogP contribution in [0.1, 0.15) is 27.2 Å². The average Bonchev–Trinajstić information content (AvgIpc) is 3.13. The van der Waals surface area contributed by atoms with E-state index in [1.165, 1.54) is 0 Å². The molecule has 5 rings (SSSR count). The average molecular weight is 405 g/mol. The van der Waals surface area contributed by atoms with Crippen molar-refractivity contribution in [1.82, 2.24) is 20.3 Å². The molecule has 1 saturated heterocycles. The maximum absolute atomic E-state index is 12.2. The van der Waals surface area contributed by atoms with Crippen molar-refractivity contribution in [2.24, 2.45) is 5.73 Å². The number of nitrogens with zero attached hydrogens (tertiary/aromatic N) is 2. The number of aromatic nitrogens is 3. The zero-order chi connectivity index (χ0) is 20.9. The highest BCUT2D eigenvalue weighted by Gasteiger charge is 2.44. The van der Waals surface area contributed by atoms with Crippen LogP contribution in [0.15, 0.2) is 30.5 Å². The summed E-state index contributed by atoms with van der Waals surface area (Å²) in [6, 6.07) is 7.56. The van der Waals surface area contributed by atoms with Crippen molar-refractivity contribution in [3.63, 3.8) is 0 Å². The van der Waals surface area contributed by atoms with Gasteiger partial charge in [0, 0.05) is 42.5 Å². The lowest BCUT2D eigenvalue weighted by Gasteiger charge is -2.41. The number of methoxy groups -OCH3 is 1. The number of aryl methyl sites for hydroxylation is 1. The number of carboxylic acid groups (broad SMARTS) is 1. The fraction of sp³-hybridized carbons (Fsp3) is 0.318. The number of fused-ring (bicyclic) bond motifs is 3. The quantitative estimate of drug-likeness (QED) is 0.509. The van der Waals surface area contributed by atoms with Gasteiger partial charge in [-0.3, -0.25) is 0 Å². The highest BCUT2D eigenvalue weighted by molar-refractivity contribution is 5.95. The first-order valence-corrected chi connectivity index (χ1v) is 9.96. The van der Waals surface area contributed by atoms with Gasteiger partial charge in [-0.1, -0.05) is 0 Å². The van der Waals surface area contributed by atoms with Gasteiger partial charge in [-0.2, -0.15) is 0 Å². The summed E-state index contributed by atoms with van der Waals surface area (Å²) >= 11 is 0. The summed E-state index contributed by atoms with van der Waals surface area (Å²) < 4.78 is 5.22. The SMILES string of the molecule is COc1ccc(-c2ncc3c(n2)-c2[nH]c(C4(CN)CNC4)c(C(=O)O)c2CC3)cc1. The zero-order valence-corrected chi connectivity index (χ0v) is 16.7. The molecule has 154 valence electrons. The number of aromatic carboxylic acids is 1. The Kier molecular flexibility index (Phi) is 4.34. The van der Waals surface area contributed by atoms with E-state index in [1.54, 1.807) is 7.11 Å². The summed E-state index contributed by atoms with van der Waals surface area (Å²) in [6.07, 6.45) is 3.19. The van der Waals surface area contributed by atoms with Crippen molar-refractivity contribution in [2.75, 3.05) is 26.7 Å². The molecule has 0 amide bonds. The molecule has 1 fully saturated rings. The predicted octanol–water partition coefficient (Wildman–Crippen LogP) is 1.74. The molecule has 0 atom stereocenters. The van der Waals surface area contributed by atoms with Gasteiger partial charge in [-0.15, -0.1) is 0 Å². The van der Waals surface area contributed by atoms with Crippen molar-refractivity contribution in [3.8, 4) is 28.5 Å². The van der Waals surface area contributed by atoms with E-state index in [0.717, 1.165) is 33.8 Å². The zero-order valence-electron chi connectivity index (χ0n) is 16.7. The molecule has 8 heteroatoms. The Balaban J connectivity index is 1.65. The maximum atomic E-state index is 12.2. The van der Waals surface area contributed by atoms with E-state index in [0.29, 0.717) is 49.6 Å². The Hall–Kier alpha value is -3.23. The Bertz CT molecular complexity index is 1130. The molecule has 30 heavy (non-hydrogen) atoms. The number of carbonyl (C=O) groups is 1. The van der Waals surface area contributed by atoms with E-state index in [-0.39, 0.29) is 5.41 Å². The summed E-state index contributed by atoms with van der Waals surface area (Å²) in [6.45, 7) is 1.71. The number of hydrogen-bond donors (Lipinski definition) is 4. The number of H-pyrrole nitrogens is 1. The number of nitrogens with two attached hydrogens (primary N) is 1. The van der Waals surface area contributed by atoms with Crippen LogP contribution in [-0.2, 0) is 18.3 Å². The first-order valence-electron chi connectivity index (χ1n) is 9.96. The van der Waals surface area contributed by atoms with Crippen LogP contribution in [0.25, 0.3) is 22.8 Å². The fourth-order valence-electron chi connectivity index (χ4n) is 4.42. The summed E-state index contributed by atoms with van der Waals surface area (Å²) in [5.41, 5.74) is 11.0. The second-order valence-electron chi connectivity index (χ2n) is 7.92. The molecule has 8 nitrogen and oxygen atoms in total. The lowest BCUT2D eigenvalue weighted by Crippen LogP contribution is -2.61. The minimum absolute atomic E-state index is 0.354. The highest BCUT2D eigenvalue weighted by atomic mass is 16.5. The number of aromatic amines is 1. The highest BCUT2D eigenvalue weighted by Crippen LogP contribution is 2.40. The van der Waals surface area contributed by atoms with Gasteiger partial charge in [0.2, 0.25) is 0 Å². The molecule has 1 aromatic carbocycles. The molecule has 0 radical (unpaired) electrons. The van der Waals surface area contributed by atoms with Crippen LogP contribution in [0.2, 0.25) is 0 Å². The molecular formula is C22H23N5O3. The third-order valence-corrected chi connectivity index (χ3v) is 6.26. The van der Waals surface area contributed by atoms with E-state index in [4.69, 9.17) is 15.5 Å². The summed E-state index contributed by atoms with van der Waals surface area (Å²) in [7, 11) is 1.63. The predicted molar refractivity (Wildman–Crippen MR) is 112 cm³/mol. The minimum Gasteiger partial charge on any atom is -0.497 e. The third kappa shape index (κ3) is 2.72. The fourth-order valence-corrected chi connectivity index (χ4v) is 4.42. The van der Waals surface area contributed by atoms with Crippen LogP contribution < -0.4 is 15.8 Å². The number of carboxylic acids is 1. The normalized spacial score (nSPS) is 16.3. The Morgan fingerprint density at radius 2 is 2.03 bits per heavy atom. The molecule has 1 aliphatic heterocycles. The second-order valence-corrected chi connectivity index (χ2v) is 7.92. The lowest BCUT2D eigenvalue weighted by molar-refractivity contribution is 0.0691. The van der Waals surface area contributed by atoms with E-state index in [9.17, 15) is 9.90 Å². The van der Waals surface area contributed by atoms with Crippen molar-refractivity contribution >= 4 is 5.97 Å². The number of ether oxygens (including phenoxy) is 1. The molecule has 5 N–H and O–H groups in total. The molecule has 2 aliphatic rings. The van der Waals surface area contributed by atoms with Crippen LogP contribution >= 0.6 is 0 Å². The molecule has 3 heterocycles. The van der Waals surface area contributed by atoms with Crippen molar-refractivity contribution < 1.29 is 14.6 Å². The lowest BCUT2D eigenvalue weighted by atomic mass is 9.76. The number of nitrogens with one attached hydrogen (secondary N) is 2. The topological polar surface area (TPSA) is 126 Å². The summed E-state index contributed by atoms with van der Waals surface area (Å²) in [4.78, 5) is 25.0. The van der Waals surface area contributed by atoms with E-state index in [2.05, 4.69) is 15.3 Å². The van der Waals surface area contributed by atoms with Crippen LogP contribution in [0.5, 0.6) is 5.75 Å². The maximum Gasteiger partial charge on any atom is 0.337 e. The van der Waals surface area contributed by atoms with Crippen LogP contribution in [0, 0.1) is 0 Å². The van der Waals surface area contributed by atoms with Crippen molar-refractivity contribution in [3.05, 3.63) is 52.8 Å². The monoisotopic (exact) mass is 405 g/mol. The van der Waals surface area contributed by atoms with Crippen molar-refractivity contribution in [2.45, 2.75) is 18.3 Å². The molecule has 1 aliphatic carbocycles. The van der Waals surface area contributed by atoms with Crippen molar-refractivity contribution in [1.29, 1.82) is 0 Å². The van der Waals surface area contributed by atoms with Gasteiger partial charge < -0.3 is 25.9 Å². The molecule has 0 saturated carbocycles. The number of benzene rings is 1. The van der Waals surface area contributed by atoms with Gasteiger partial charge in [-0.05, 0) is 48.2 Å². The molecular weight excluding hydrogens is 382 g/mol. The summed E-state index contributed by atoms with van der Waals surface area (Å²) in [5.74, 6) is 0.437. The van der Waals surface area contributed by atoms with Gasteiger partial charge in [0.25, 0.3) is 0 Å². The third-order valence-electron chi connectivity index (χ3n) is 6.26. The smallest absolute Gasteiger partial charge is 0.337 e. The van der Waals surface area contributed by atoms with E-state index in [1.807, 2.05) is 30.5 Å². The van der Waals surface area contributed by atoms with E-state index < -0.39 is 5.97 Å². The second kappa shape index (κ2) is 6.93. The molecule has 0 spiro atoms. The first kappa shape index (κ1) is 18.8. The minimum atomic E-state index is -0.921. The van der Waals surface area contributed by atoms with Crippen LogP contribution in [-0.4, -0.2) is 52.8 Å². The standard InChI is InChI=1S/C22H23N5O3/c1-30-14-5-2-12(3-6-14)20-25-8-13-4-7-15-16(21(28)29)19(22(9-23)10-24-11-22)26-18(15)17(13)27-20/h2-3,5-6,8,24,26H,4,7,9-11,23H2,1H3,(H,28,29). The van der Waals surface area contributed by atoms with Gasteiger partial charge in [0.1, 0.15) is 5.75 Å². The molecule has 3 aromatic rings. The van der Waals surface area contributed by atoms with Gasteiger partial charge in [0.15, 0.2) is 5.82 Å². The van der Waals surface area contributed by atoms with Gasteiger partial charge >= 0.3 is 5.97 Å². The first-order chi connectivity index (χ1) is 14.6. The Morgan fingerprint density at radius 3 is 2.63 bits per heavy atom. The molecule has 0 bridgehead atoms. The van der Waals surface area contributed by atoms with Gasteiger partial charge in [-0.25, -0.2) is 14.8 Å². The molecule has 2 aromatic heterocycles. The Morgan fingerprint density at radius 1 is 1.27 bits per heavy atom.